The number of aromatic nitrogens is 2. The summed E-state index contributed by atoms with van der Waals surface area (Å²) in [7, 11) is 0. The predicted molar refractivity (Wildman–Crippen MR) is 132 cm³/mol. The molecular formula is C28H29F2N3O. The Balaban J connectivity index is 1.38. The molecule has 1 fully saturated rings. The number of hydrogen-bond donors (Lipinski definition) is 1. The maximum absolute atomic E-state index is 13.5. The average molecular weight is 462 g/mol. The van der Waals surface area contributed by atoms with Crippen LogP contribution < -0.4 is 10.6 Å². The highest BCUT2D eigenvalue weighted by Crippen LogP contribution is 2.31. The van der Waals surface area contributed by atoms with E-state index in [1.165, 1.54) is 43.5 Å². The Hall–Kier alpha value is -3.41. The first-order chi connectivity index (χ1) is 16.6. The maximum Gasteiger partial charge on any atom is 0.326 e. The van der Waals surface area contributed by atoms with E-state index in [2.05, 4.69) is 16.0 Å². The molecule has 5 rings (SSSR count). The van der Waals surface area contributed by atoms with Gasteiger partial charge in [0, 0.05) is 25.6 Å². The fourth-order valence-electron chi connectivity index (χ4n) is 5.15. The number of imidazole rings is 1. The maximum atomic E-state index is 13.5. The number of hydrogen-bond acceptors (Lipinski definition) is 2. The van der Waals surface area contributed by atoms with Gasteiger partial charge in [-0.25, -0.2) is 13.6 Å². The van der Waals surface area contributed by atoms with Crippen LogP contribution in [0.25, 0.3) is 11.0 Å². The fourth-order valence-corrected chi connectivity index (χ4v) is 5.15. The molecule has 4 nitrogen and oxygen atoms in total. The van der Waals surface area contributed by atoms with Crippen molar-refractivity contribution in [3.8, 4) is 0 Å². The zero-order valence-corrected chi connectivity index (χ0v) is 19.1. The Bertz CT molecular complexity index is 1260. The third kappa shape index (κ3) is 4.63. The zero-order chi connectivity index (χ0) is 23.5. The van der Waals surface area contributed by atoms with Gasteiger partial charge < -0.3 is 9.88 Å². The first-order valence-corrected chi connectivity index (χ1v) is 12.1. The van der Waals surface area contributed by atoms with Gasteiger partial charge in [0.15, 0.2) is 0 Å². The van der Waals surface area contributed by atoms with Gasteiger partial charge >= 0.3 is 5.69 Å². The van der Waals surface area contributed by atoms with Crippen molar-refractivity contribution in [3.05, 3.63) is 100.0 Å². The van der Waals surface area contributed by atoms with E-state index in [0.29, 0.717) is 6.54 Å². The number of rotatable bonds is 7. The highest BCUT2D eigenvalue weighted by Gasteiger charge is 2.18. The fraction of sp³-hybridized carbons (Fsp3) is 0.321. The molecule has 0 radical (unpaired) electrons. The third-order valence-electron chi connectivity index (χ3n) is 6.90. The number of fused-ring (bicyclic) bond motifs is 1. The summed E-state index contributed by atoms with van der Waals surface area (Å²) in [4.78, 5) is 18.3. The Labute approximate surface area is 197 Å². The molecule has 0 bridgehead atoms. The summed E-state index contributed by atoms with van der Waals surface area (Å²) in [6.45, 7) is 2.61. The number of nitrogens with zero attached hydrogens (tertiary/aromatic N) is 2. The lowest BCUT2D eigenvalue weighted by Crippen LogP contribution is -2.29. The van der Waals surface area contributed by atoms with E-state index in [1.807, 2.05) is 16.7 Å². The number of piperidine rings is 1. The number of aryl methyl sites for hydroxylation is 1. The SMILES string of the molecule is O=c1[nH]c2c(N3CCCCC3)cccc2n1CCCC(c1ccc(F)cc1)c1ccc(F)cc1. The molecular weight excluding hydrogens is 432 g/mol. The second-order valence-corrected chi connectivity index (χ2v) is 9.10. The van der Waals surface area contributed by atoms with Gasteiger partial charge in [-0.2, -0.15) is 0 Å². The minimum Gasteiger partial charge on any atom is -0.370 e. The van der Waals surface area contributed by atoms with Crippen molar-refractivity contribution >= 4 is 16.7 Å². The molecule has 0 aliphatic carbocycles. The zero-order valence-electron chi connectivity index (χ0n) is 19.1. The molecule has 176 valence electrons. The van der Waals surface area contributed by atoms with Gasteiger partial charge in [0.1, 0.15) is 11.6 Å². The average Bonchev–Trinajstić information content (AvgIpc) is 3.19. The summed E-state index contributed by atoms with van der Waals surface area (Å²) in [5.74, 6) is -0.570. The van der Waals surface area contributed by atoms with Gasteiger partial charge in [-0.3, -0.25) is 4.57 Å². The Morgan fingerprint density at radius 1 is 0.824 bits per heavy atom. The minimum atomic E-state index is -0.281. The molecule has 2 heterocycles. The lowest BCUT2D eigenvalue weighted by molar-refractivity contribution is 0.572. The third-order valence-corrected chi connectivity index (χ3v) is 6.90. The van der Waals surface area contributed by atoms with Crippen molar-refractivity contribution in [1.29, 1.82) is 0 Å². The quantitative estimate of drug-likeness (QED) is 0.355. The molecule has 1 saturated heterocycles. The summed E-state index contributed by atoms with van der Waals surface area (Å²) in [6, 6.07) is 19.1. The Morgan fingerprint density at radius 3 is 2.06 bits per heavy atom. The molecule has 34 heavy (non-hydrogen) atoms. The Morgan fingerprint density at radius 2 is 1.44 bits per heavy atom. The molecule has 0 atom stereocenters. The first-order valence-electron chi connectivity index (χ1n) is 12.1. The molecule has 4 aromatic rings. The van der Waals surface area contributed by atoms with Crippen molar-refractivity contribution in [2.75, 3.05) is 18.0 Å². The smallest absolute Gasteiger partial charge is 0.326 e. The minimum absolute atomic E-state index is 0.00832. The van der Waals surface area contributed by atoms with E-state index >= 15 is 0 Å². The van der Waals surface area contributed by atoms with Crippen molar-refractivity contribution < 1.29 is 8.78 Å². The van der Waals surface area contributed by atoms with Crippen LogP contribution in [-0.2, 0) is 6.54 Å². The summed E-state index contributed by atoms with van der Waals surface area (Å²) < 4.78 is 28.8. The second-order valence-electron chi connectivity index (χ2n) is 9.10. The number of halogens is 2. The van der Waals surface area contributed by atoms with Gasteiger partial charge in [-0.1, -0.05) is 30.3 Å². The molecule has 3 aromatic carbocycles. The van der Waals surface area contributed by atoms with Crippen molar-refractivity contribution in [1.82, 2.24) is 9.55 Å². The van der Waals surface area contributed by atoms with Crippen LogP contribution in [0.1, 0.15) is 49.1 Å². The molecule has 0 spiro atoms. The normalized spacial score (nSPS) is 14.3. The van der Waals surface area contributed by atoms with Gasteiger partial charge in [-0.05, 0) is 79.6 Å². The monoisotopic (exact) mass is 461 g/mol. The van der Waals surface area contributed by atoms with Crippen LogP contribution in [0, 0.1) is 11.6 Å². The van der Waals surface area contributed by atoms with Gasteiger partial charge in [0.25, 0.3) is 0 Å². The lowest BCUT2D eigenvalue weighted by atomic mass is 9.87. The van der Waals surface area contributed by atoms with E-state index < -0.39 is 0 Å². The summed E-state index contributed by atoms with van der Waals surface area (Å²) in [5, 5.41) is 0. The highest BCUT2D eigenvalue weighted by atomic mass is 19.1. The van der Waals surface area contributed by atoms with Gasteiger partial charge in [0.2, 0.25) is 0 Å². The highest BCUT2D eigenvalue weighted by molar-refractivity contribution is 5.89. The van der Waals surface area contributed by atoms with Crippen LogP contribution in [0.3, 0.4) is 0 Å². The van der Waals surface area contributed by atoms with Crippen LogP contribution in [0.4, 0.5) is 14.5 Å². The summed E-state index contributed by atoms with van der Waals surface area (Å²) in [6.07, 6.45) is 5.11. The summed E-state index contributed by atoms with van der Waals surface area (Å²) in [5.41, 5.74) is 4.79. The molecule has 0 saturated carbocycles. The van der Waals surface area contributed by atoms with E-state index in [4.69, 9.17) is 0 Å². The van der Waals surface area contributed by atoms with Gasteiger partial charge in [0.05, 0.1) is 16.7 Å². The lowest BCUT2D eigenvalue weighted by Gasteiger charge is -2.29. The molecule has 1 aliphatic heterocycles. The molecule has 1 aliphatic rings. The topological polar surface area (TPSA) is 41.0 Å². The van der Waals surface area contributed by atoms with Crippen molar-refractivity contribution in [3.63, 3.8) is 0 Å². The van der Waals surface area contributed by atoms with Gasteiger partial charge in [-0.15, -0.1) is 0 Å². The molecule has 0 amide bonds. The largest absolute Gasteiger partial charge is 0.370 e. The van der Waals surface area contributed by atoms with Crippen molar-refractivity contribution in [2.24, 2.45) is 0 Å². The molecule has 6 heteroatoms. The number of para-hydroxylation sites is 1. The van der Waals surface area contributed by atoms with Crippen LogP contribution in [0.15, 0.2) is 71.5 Å². The van der Waals surface area contributed by atoms with Crippen LogP contribution in [-0.4, -0.2) is 22.6 Å². The number of benzene rings is 3. The number of anilines is 1. The number of H-pyrrole nitrogens is 1. The first kappa shape index (κ1) is 22.4. The molecule has 0 unspecified atom stereocenters. The van der Waals surface area contributed by atoms with E-state index in [1.54, 1.807) is 24.3 Å². The Kier molecular flexibility index (Phi) is 6.48. The van der Waals surface area contributed by atoms with Crippen molar-refractivity contribution in [2.45, 2.75) is 44.6 Å². The molecule has 1 aromatic heterocycles. The van der Waals surface area contributed by atoms with E-state index in [-0.39, 0.29) is 23.2 Å². The number of nitrogens with one attached hydrogen (secondary N) is 1. The standard InChI is InChI=1S/C28H29F2N3O/c29-22-13-9-20(10-14-22)24(21-11-15-23(30)16-12-21)6-5-19-33-26-8-4-7-25(27(26)31-28(33)34)32-17-2-1-3-18-32/h4,7-16,24H,1-3,5-6,17-19H2,(H,31,34). The number of aromatic amines is 1. The second kappa shape index (κ2) is 9.84. The molecule has 1 N–H and O–H groups in total. The van der Waals surface area contributed by atoms with E-state index in [9.17, 15) is 13.6 Å². The van der Waals surface area contributed by atoms with E-state index in [0.717, 1.165) is 53.8 Å². The van der Waals surface area contributed by atoms with Crippen LogP contribution in [0.2, 0.25) is 0 Å². The summed E-state index contributed by atoms with van der Waals surface area (Å²) >= 11 is 0. The predicted octanol–water partition coefficient (Wildman–Crippen LogP) is 6.21. The van der Waals surface area contributed by atoms with Crippen LogP contribution >= 0.6 is 0 Å². The van der Waals surface area contributed by atoms with Crippen LogP contribution in [0.5, 0.6) is 0 Å².